The van der Waals surface area contributed by atoms with E-state index < -0.39 is 0 Å². The third kappa shape index (κ3) is 3.47. The molecule has 2 atom stereocenters. The van der Waals surface area contributed by atoms with Gasteiger partial charge in [0.15, 0.2) is 0 Å². The van der Waals surface area contributed by atoms with Gasteiger partial charge in [-0.15, -0.1) is 0 Å². The highest BCUT2D eigenvalue weighted by atomic mass is 16.5. The van der Waals surface area contributed by atoms with Gasteiger partial charge in [0.1, 0.15) is 0 Å². The molecule has 0 aromatic carbocycles. The zero-order valence-electron chi connectivity index (χ0n) is 12.3. The van der Waals surface area contributed by atoms with Crippen molar-refractivity contribution >= 4 is 5.97 Å². The fourth-order valence-electron chi connectivity index (χ4n) is 3.10. The number of ether oxygens (including phenoxy) is 2. The molecule has 1 rings (SSSR count). The van der Waals surface area contributed by atoms with Crippen molar-refractivity contribution in [3.8, 4) is 0 Å². The summed E-state index contributed by atoms with van der Waals surface area (Å²) in [6.45, 7) is 9.50. The van der Waals surface area contributed by atoms with Crippen LogP contribution in [-0.2, 0) is 14.3 Å². The van der Waals surface area contributed by atoms with Gasteiger partial charge in [-0.25, -0.2) is 0 Å². The van der Waals surface area contributed by atoms with Crippen LogP contribution >= 0.6 is 0 Å². The molecule has 1 aliphatic rings. The van der Waals surface area contributed by atoms with Crippen LogP contribution < -0.4 is 0 Å². The molecule has 0 bridgehead atoms. The molecule has 0 spiro atoms. The van der Waals surface area contributed by atoms with E-state index in [2.05, 4.69) is 20.8 Å². The maximum Gasteiger partial charge on any atom is 0.314 e. The first-order valence-electron chi connectivity index (χ1n) is 7.35. The lowest BCUT2D eigenvalue weighted by Crippen LogP contribution is -2.42. The Morgan fingerprint density at radius 3 is 2.67 bits per heavy atom. The van der Waals surface area contributed by atoms with E-state index in [1.807, 2.05) is 6.92 Å². The number of carbonyl (C=O) groups excluding carboxylic acids is 1. The van der Waals surface area contributed by atoms with Gasteiger partial charge in [-0.1, -0.05) is 20.8 Å². The second kappa shape index (κ2) is 7.13. The minimum Gasteiger partial charge on any atom is -0.465 e. The van der Waals surface area contributed by atoms with Crippen LogP contribution in [0.5, 0.6) is 0 Å². The molecular weight excluding hydrogens is 228 g/mol. The Bertz CT molecular complexity index is 262. The Labute approximate surface area is 111 Å². The van der Waals surface area contributed by atoms with Crippen molar-refractivity contribution in [3.05, 3.63) is 0 Å². The minimum absolute atomic E-state index is 0.0442. The van der Waals surface area contributed by atoms with Crippen molar-refractivity contribution in [1.29, 1.82) is 0 Å². The summed E-state index contributed by atoms with van der Waals surface area (Å²) in [6.07, 6.45) is 4.90. The maximum absolute atomic E-state index is 12.4. The lowest BCUT2D eigenvalue weighted by Gasteiger charge is -2.34. The summed E-state index contributed by atoms with van der Waals surface area (Å²) >= 11 is 0. The molecule has 1 fully saturated rings. The highest BCUT2D eigenvalue weighted by Gasteiger charge is 2.50. The number of rotatable bonds is 7. The highest BCUT2D eigenvalue weighted by Crippen LogP contribution is 2.46. The number of hydrogen-bond donors (Lipinski definition) is 0. The summed E-state index contributed by atoms with van der Waals surface area (Å²) in [7, 11) is 0. The van der Waals surface area contributed by atoms with Crippen molar-refractivity contribution in [1.82, 2.24) is 0 Å². The van der Waals surface area contributed by atoms with E-state index >= 15 is 0 Å². The topological polar surface area (TPSA) is 35.5 Å². The van der Waals surface area contributed by atoms with Gasteiger partial charge in [0.25, 0.3) is 0 Å². The Morgan fingerprint density at radius 1 is 1.39 bits per heavy atom. The first-order valence-corrected chi connectivity index (χ1v) is 7.35. The quantitative estimate of drug-likeness (QED) is 0.653. The molecule has 3 heteroatoms. The standard InChI is InChI=1S/C15H28O3/c1-5-10-18-13-8-7-9-15(13,11-12(3)4)14(16)17-6-2/h12-13H,5-11H2,1-4H3. The van der Waals surface area contributed by atoms with Gasteiger partial charge in [-0.2, -0.15) is 0 Å². The number of hydrogen-bond acceptors (Lipinski definition) is 3. The third-order valence-corrected chi connectivity index (χ3v) is 3.68. The summed E-state index contributed by atoms with van der Waals surface area (Å²) in [5.74, 6) is 0.442. The van der Waals surface area contributed by atoms with E-state index in [9.17, 15) is 4.79 Å². The van der Waals surface area contributed by atoms with Gasteiger partial charge in [-0.3, -0.25) is 4.79 Å². The molecule has 0 saturated heterocycles. The Kier molecular flexibility index (Phi) is 6.13. The number of carbonyl (C=O) groups is 1. The summed E-state index contributed by atoms with van der Waals surface area (Å²) in [6, 6.07) is 0. The van der Waals surface area contributed by atoms with Crippen LogP contribution in [0, 0.1) is 11.3 Å². The molecule has 0 N–H and O–H groups in total. The summed E-state index contributed by atoms with van der Waals surface area (Å²) in [5.41, 5.74) is -0.390. The monoisotopic (exact) mass is 256 g/mol. The van der Waals surface area contributed by atoms with Crippen molar-refractivity contribution in [2.75, 3.05) is 13.2 Å². The lowest BCUT2D eigenvalue weighted by molar-refractivity contribution is -0.165. The van der Waals surface area contributed by atoms with Crippen LogP contribution in [0.1, 0.15) is 59.8 Å². The fourth-order valence-corrected chi connectivity index (χ4v) is 3.10. The van der Waals surface area contributed by atoms with Crippen molar-refractivity contribution in [3.63, 3.8) is 0 Å². The molecule has 0 aromatic rings. The molecule has 0 aliphatic heterocycles. The van der Waals surface area contributed by atoms with Crippen LogP contribution in [0.25, 0.3) is 0 Å². The van der Waals surface area contributed by atoms with E-state index in [0.29, 0.717) is 12.5 Å². The fraction of sp³-hybridized carbons (Fsp3) is 0.933. The molecule has 0 radical (unpaired) electrons. The largest absolute Gasteiger partial charge is 0.465 e. The summed E-state index contributed by atoms with van der Waals surface area (Å²) < 4.78 is 11.3. The van der Waals surface area contributed by atoms with Gasteiger partial charge in [0.05, 0.1) is 18.1 Å². The van der Waals surface area contributed by atoms with Crippen molar-refractivity contribution in [2.24, 2.45) is 11.3 Å². The van der Waals surface area contributed by atoms with Gasteiger partial charge in [0, 0.05) is 6.61 Å². The first kappa shape index (κ1) is 15.5. The SMILES string of the molecule is CCCOC1CCCC1(CC(C)C)C(=O)OCC. The van der Waals surface area contributed by atoms with Crippen LogP contribution in [0.15, 0.2) is 0 Å². The molecule has 18 heavy (non-hydrogen) atoms. The molecule has 0 amide bonds. The molecule has 3 nitrogen and oxygen atoms in total. The molecule has 1 aliphatic carbocycles. The van der Waals surface area contributed by atoms with Gasteiger partial charge < -0.3 is 9.47 Å². The van der Waals surface area contributed by atoms with Gasteiger partial charge >= 0.3 is 5.97 Å². The van der Waals surface area contributed by atoms with Gasteiger partial charge in [0.2, 0.25) is 0 Å². The second-order valence-electron chi connectivity index (χ2n) is 5.73. The molecular formula is C15H28O3. The van der Waals surface area contributed by atoms with Crippen molar-refractivity contribution < 1.29 is 14.3 Å². The summed E-state index contributed by atoms with van der Waals surface area (Å²) in [4.78, 5) is 12.4. The zero-order chi connectivity index (χ0) is 13.6. The lowest BCUT2D eigenvalue weighted by atomic mass is 9.76. The van der Waals surface area contributed by atoms with E-state index in [0.717, 1.165) is 38.7 Å². The first-order chi connectivity index (χ1) is 8.56. The maximum atomic E-state index is 12.4. The number of esters is 1. The molecule has 0 heterocycles. The normalized spacial score (nSPS) is 27.7. The minimum atomic E-state index is -0.390. The van der Waals surface area contributed by atoms with Crippen LogP contribution in [0.3, 0.4) is 0 Å². The summed E-state index contributed by atoms with van der Waals surface area (Å²) in [5, 5.41) is 0. The third-order valence-electron chi connectivity index (χ3n) is 3.68. The van der Waals surface area contributed by atoms with E-state index in [1.54, 1.807) is 0 Å². The van der Waals surface area contributed by atoms with Crippen LogP contribution in [-0.4, -0.2) is 25.3 Å². The van der Waals surface area contributed by atoms with Crippen LogP contribution in [0.4, 0.5) is 0 Å². The highest BCUT2D eigenvalue weighted by molar-refractivity contribution is 5.78. The molecule has 2 unspecified atom stereocenters. The Morgan fingerprint density at radius 2 is 2.11 bits per heavy atom. The van der Waals surface area contributed by atoms with E-state index in [1.165, 1.54) is 0 Å². The van der Waals surface area contributed by atoms with E-state index in [-0.39, 0.29) is 17.5 Å². The Balaban J connectivity index is 2.83. The average molecular weight is 256 g/mol. The molecule has 106 valence electrons. The average Bonchev–Trinajstić information content (AvgIpc) is 2.70. The predicted octanol–water partition coefficient (Wildman–Crippen LogP) is 3.56. The van der Waals surface area contributed by atoms with Gasteiger partial charge in [-0.05, 0) is 44.9 Å². The van der Waals surface area contributed by atoms with Crippen molar-refractivity contribution in [2.45, 2.75) is 65.9 Å². The van der Waals surface area contributed by atoms with E-state index in [4.69, 9.17) is 9.47 Å². The zero-order valence-corrected chi connectivity index (χ0v) is 12.3. The molecule has 0 aromatic heterocycles. The van der Waals surface area contributed by atoms with Crippen LogP contribution in [0.2, 0.25) is 0 Å². The Hall–Kier alpha value is -0.570. The molecule has 1 saturated carbocycles. The smallest absolute Gasteiger partial charge is 0.314 e. The predicted molar refractivity (Wildman–Crippen MR) is 72.4 cm³/mol. The second-order valence-corrected chi connectivity index (χ2v) is 5.73.